The first-order valence-corrected chi connectivity index (χ1v) is 5.06. The van der Waals surface area contributed by atoms with Crippen LogP contribution in [0, 0.1) is 0 Å². The van der Waals surface area contributed by atoms with Crippen molar-refractivity contribution in [3.05, 3.63) is 48.0 Å². The molecular weight excluding hydrogens is 172 g/mol. The molecule has 0 radical (unpaired) electrons. The standard InChI is InChI=1S/C13H14O/c1-2-5-10-8-9-13(14)12-7-4-3-6-11(10)12/h2-4,6-7,10H,1,5,8-9H2. The summed E-state index contributed by atoms with van der Waals surface area (Å²) in [7, 11) is 0. The summed E-state index contributed by atoms with van der Waals surface area (Å²) in [6.07, 6.45) is 4.58. The van der Waals surface area contributed by atoms with Crippen LogP contribution in [0.4, 0.5) is 0 Å². The van der Waals surface area contributed by atoms with E-state index in [1.807, 2.05) is 24.3 Å². The number of fused-ring (bicyclic) bond motifs is 1. The maximum atomic E-state index is 11.6. The van der Waals surface area contributed by atoms with Crippen molar-refractivity contribution in [3.8, 4) is 0 Å². The Hall–Kier alpha value is -1.37. The normalized spacial score (nSPS) is 20.3. The van der Waals surface area contributed by atoms with Gasteiger partial charge in [-0.15, -0.1) is 6.58 Å². The van der Waals surface area contributed by atoms with Gasteiger partial charge in [0, 0.05) is 12.0 Å². The molecule has 2 rings (SSSR count). The molecule has 0 saturated heterocycles. The third-order valence-corrected chi connectivity index (χ3v) is 2.87. The highest BCUT2D eigenvalue weighted by Crippen LogP contribution is 2.33. The van der Waals surface area contributed by atoms with Crippen LogP contribution in [-0.4, -0.2) is 5.78 Å². The SMILES string of the molecule is C=CCC1CCC(=O)c2ccccc21. The first-order chi connectivity index (χ1) is 6.83. The summed E-state index contributed by atoms with van der Waals surface area (Å²) in [6, 6.07) is 7.95. The summed E-state index contributed by atoms with van der Waals surface area (Å²) in [5.41, 5.74) is 2.13. The van der Waals surface area contributed by atoms with E-state index in [1.54, 1.807) is 0 Å². The largest absolute Gasteiger partial charge is 0.294 e. The first kappa shape index (κ1) is 9.20. The number of rotatable bonds is 2. The number of ketones is 1. The van der Waals surface area contributed by atoms with Gasteiger partial charge in [0.25, 0.3) is 0 Å². The molecule has 0 N–H and O–H groups in total. The quantitative estimate of drug-likeness (QED) is 0.647. The number of benzene rings is 1. The van der Waals surface area contributed by atoms with Crippen LogP contribution in [0.15, 0.2) is 36.9 Å². The van der Waals surface area contributed by atoms with Crippen molar-refractivity contribution in [2.75, 3.05) is 0 Å². The Bertz CT molecular complexity index is 365. The van der Waals surface area contributed by atoms with Crippen LogP contribution in [0.25, 0.3) is 0 Å². The van der Waals surface area contributed by atoms with E-state index in [9.17, 15) is 4.79 Å². The van der Waals surface area contributed by atoms with Gasteiger partial charge in [-0.05, 0) is 24.3 Å². The van der Waals surface area contributed by atoms with Gasteiger partial charge < -0.3 is 0 Å². The van der Waals surface area contributed by atoms with Gasteiger partial charge in [0.15, 0.2) is 5.78 Å². The average molecular weight is 186 g/mol. The number of hydrogen-bond donors (Lipinski definition) is 0. The van der Waals surface area contributed by atoms with Crippen molar-refractivity contribution in [1.29, 1.82) is 0 Å². The van der Waals surface area contributed by atoms with Gasteiger partial charge in [-0.1, -0.05) is 30.3 Å². The highest BCUT2D eigenvalue weighted by molar-refractivity contribution is 5.98. The molecule has 1 aliphatic carbocycles. The molecule has 1 aromatic carbocycles. The third kappa shape index (κ3) is 1.50. The van der Waals surface area contributed by atoms with Gasteiger partial charge in [0.1, 0.15) is 0 Å². The van der Waals surface area contributed by atoms with Crippen molar-refractivity contribution >= 4 is 5.78 Å². The zero-order chi connectivity index (χ0) is 9.97. The molecule has 0 heterocycles. The van der Waals surface area contributed by atoms with Gasteiger partial charge in [0.2, 0.25) is 0 Å². The fourth-order valence-electron chi connectivity index (χ4n) is 2.15. The summed E-state index contributed by atoms with van der Waals surface area (Å²) < 4.78 is 0. The maximum Gasteiger partial charge on any atom is 0.163 e. The number of Topliss-reactive ketones (excluding diaryl/α,β-unsaturated/α-hetero) is 1. The Morgan fingerprint density at radius 2 is 2.21 bits per heavy atom. The molecular formula is C13H14O. The predicted molar refractivity (Wildman–Crippen MR) is 57.6 cm³/mol. The molecule has 1 atom stereocenters. The van der Waals surface area contributed by atoms with Crippen LogP contribution in [-0.2, 0) is 0 Å². The Labute approximate surface area is 84.5 Å². The van der Waals surface area contributed by atoms with Gasteiger partial charge in [-0.25, -0.2) is 0 Å². The smallest absolute Gasteiger partial charge is 0.163 e. The second-order valence-corrected chi connectivity index (χ2v) is 3.77. The molecule has 0 saturated carbocycles. The minimum atomic E-state index is 0.293. The summed E-state index contributed by atoms with van der Waals surface area (Å²) in [5, 5.41) is 0. The van der Waals surface area contributed by atoms with E-state index in [1.165, 1.54) is 5.56 Å². The lowest BCUT2D eigenvalue weighted by molar-refractivity contribution is 0.0967. The van der Waals surface area contributed by atoms with Crippen LogP contribution in [0.2, 0.25) is 0 Å². The Kier molecular flexibility index (Phi) is 2.49. The van der Waals surface area contributed by atoms with Crippen molar-refractivity contribution in [2.24, 2.45) is 0 Å². The maximum absolute atomic E-state index is 11.6. The average Bonchev–Trinajstić information content (AvgIpc) is 2.23. The summed E-state index contributed by atoms with van der Waals surface area (Å²) in [5.74, 6) is 0.794. The van der Waals surface area contributed by atoms with Crippen molar-refractivity contribution in [1.82, 2.24) is 0 Å². The van der Waals surface area contributed by atoms with E-state index in [4.69, 9.17) is 0 Å². The molecule has 14 heavy (non-hydrogen) atoms. The highest BCUT2D eigenvalue weighted by Gasteiger charge is 2.23. The molecule has 1 aliphatic rings. The fraction of sp³-hybridized carbons (Fsp3) is 0.308. The summed E-state index contributed by atoms with van der Waals surface area (Å²) in [4.78, 5) is 11.6. The van der Waals surface area contributed by atoms with Gasteiger partial charge >= 0.3 is 0 Å². The van der Waals surface area contributed by atoms with Crippen LogP contribution in [0.3, 0.4) is 0 Å². The lowest BCUT2D eigenvalue weighted by atomic mass is 9.80. The second-order valence-electron chi connectivity index (χ2n) is 3.77. The third-order valence-electron chi connectivity index (χ3n) is 2.87. The van der Waals surface area contributed by atoms with E-state index in [0.717, 1.165) is 18.4 Å². The summed E-state index contributed by atoms with van der Waals surface area (Å²) in [6.45, 7) is 3.76. The molecule has 72 valence electrons. The lowest BCUT2D eigenvalue weighted by Crippen LogP contribution is -2.14. The van der Waals surface area contributed by atoms with Gasteiger partial charge in [-0.3, -0.25) is 4.79 Å². The van der Waals surface area contributed by atoms with Crippen molar-refractivity contribution in [3.63, 3.8) is 0 Å². The molecule has 1 unspecified atom stereocenters. The topological polar surface area (TPSA) is 17.1 Å². The van der Waals surface area contributed by atoms with E-state index >= 15 is 0 Å². The highest BCUT2D eigenvalue weighted by atomic mass is 16.1. The van der Waals surface area contributed by atoms with Gasteiger partial charge in [-0.2, -0.15) is 0 Å². The monoisotopic (exact) mass is 186 g/mol. The number of allylic oxidation sites excluding steroid dienone is 1. The molecule has 1 heteroatoms. The Balaban J connectivity index is 2.41. The van der Waals surface area contributed by atoms with Crippen LogP contribution in [0.1, 0.15) is 41.1 Å². The van der Waals surface area contributed by atoms with Crippen molar-refractivity contribution in [2.45, 2.75) is 25.2 Å². The molecule has 0 bridgehead atoms. The second kappa shape index (κ2) is 3.79. The van der Waals surface area contributed by atoms with Crippen LogP contribution >= 0.6 is 0 Å². The number of carbonyl (C=O) groups is 1. The number of hydrogen-bond acceptors (Lipinski definition) is 1. The molecule has 0 amide bonds. The zero-order valence-corrected chi connectivity index (χ0v) is 8.20. The number of carbonyl (C=O) groups excluding carboxylic acids is 1. The van der Waals surface area contributed by atoms with E-state index in [0.29, 0.717) is 18.1 Å². The predicted octanol–water partition coefficient (Wildman–Crippen LogP) is 3.32. The molecule has 1 aromatic rings. The zero-order valence-electron chi connectivity index (χ0n) is 8.20. The Morgan fingerprint density at radius 1 is 1.43 bits per heavy atom. The fourth-order valence-corrected chi connectivity index (χ4v) is 2.15. The molecule has 0 fully saturated rings. The molecule has 0 aliphatic heterocycles. The Morgan fingerprint density at radius 3 is 3.00 bits per heavy atom. The minimum absolute atomic E-state index is 0.293. The van der Waals surface area contributed by atoms with E-state index < -0.39 is 0 Å². The lowest BCUT2D eigenvalue weighted by Gasteiger charge is -2.23. The van der Waals surface area contributed by atoms with Crippen molar-refractivity contribution < 1.29 is 4.79 Å². The molecule has 0 aromatic heterocycles. The van der Waals surface area contributed by atoms with Crippen LogP contribution in [0.5, 0.6) is 0 Å². The minimum Gasteiger partial charge on any atom is -0.294 e. The van der Waals surface area contributed by atoms with Crippen LogP contribution < -0.4 is 0 Å². The molecule has 1 nitrogen and oxygen atoms in total. The molecule has 0 spiro atoms. The van der Waals surface area contributed by atoms with E-state index in [-0.39, 0.29) is 0 Å². The van der Waals surface area contributed by atoms with Gasteiger partial charge in [0.05, 0.1) is 0 Å². The summed E-state index contributed by atoms with van der Waals surface area (Å²) >= 11 is 0. The van der Waals surface area contributed by atoms with E-state index in [2.05, 4.69) is 12.6 Å². The first-order valence-electron chi connectivity index (χ1n) is 5.06.